The van der Waals surface area contributed by atoms with Crippen LogP contribution < -0.4 is 5.32 Å². The van der Waals surface area contributed by atoms with Crippen molar-refractivity contribution in [3.63, 3.8) is 0 Å². The minimum atomic E-state index is 0.540. The third-order valence-electron chi connectivity index (χ3n) is 4.83. The van der Waals surface area contributed by atoms with Crippen LogP contribution in [-0.2, 0) is 19.4 Å². The summed E-state index contributed by atoms with van der Waals surface area (Å²) in [5.74, 6) is 0.540. The van der Waals surface area contributed by atoms with Crippen LogP contribution in [0, 0.1) is 25.2 Å². The van der Waals surface area contributed by atoms with Crippen LogP contribution in [0.2, 0.25) is 0 Å². The summed E-state index contributed by atoms with van der Waals surface area (Å²) in [4.78, 5) is 0. The highest BCUT2D eigenvalue weighted by Crippen LogP contribution is 2.23. The predicted molar refractivity (Wildman–Crippen MR) is 106 cm³/mol. The maximum atomic E-state index is 9.64. The van der Waals surface area contributed by atoms with Gasteiger partial charge in [0.1, 0.15) is 11.6 Å². The lowest BCUT2D eigenvalue weighted by molar-refractivity contribution is 0.832. The van der Waals surface area contributed by atoms with E-state index in [1.807, 2.05) is 55.8 Å². The summed E-state index contributed by atoms with van der Waals surface area (Å²) in [6.45, 7) is 8.67. The van der Waals surface area contributed by atoms with Gasteiger partial charge in [-0.25, -0.2) is 4.68 Å². The SMILES string of the molecule is CCc1nnc(NCc2c(C)nn(-c3ccccc3)c2C)c(C#N)c1CC. The second-order valence-corrected chi connectivity index (χ2v) is 6.42. The van der Waals surface area contributed by atoms with Gasteiger partial charge in [-0.15, -0.1) is 5.10 Å². The molecule has 0 saturated heterocycles. The van der Waals surface area contributed by atoms with Crippen LogP contribution >= 0.6 is 0 Å². The number of nitrogens with zero attached hydrogens (tertiary/aromatic N) is 5. The van der Waals surface area contributed by atoms with Crippen molar-refractivity contribution in [2.45, 2.75) is 47.1 Å². The summed E-state index contributed by atoms with van der Waals surface area (Å²) in [6.07, 6.45) is 1.54. The second kappa shape index (κ2) is 8.00. The molecule has 1 aromatic carbocycles. The van der Waals surface area contributed by atoms with E-state index in [9.17, 15) is 5.26 Å². The highest BCUT2D eigenvalue weighted by atomic mass is 15.3. The van der Waals surface area contributed by atoms with Crippen molar-refractivity contribution < 1.29 is 0 Å². The van der Waals surface area contributed by atoms with Crippen molar-refractivity contribution in [1.29, 1.82) is 5.26 Å². The van der Waals surface area contributed by atoms with Crippen LogP contribution in [0.1, 0.15) is 47.6 Å². The molecule has 0 radical (unpaired) electrons. The fourth-order valence-corrected chi connectivity index (χ4v) is 3.34. The number of nitrogens with one attached hydrogen (secondary N) is 1. The molecule has 0 fully saturated rings. The molecule has 1 N–H and O–H groups in total. The Morgan fingerprint density at radius 3 is 2.41 bits per heavy atom. The van der Waals surface area contributed by atoms with Crippen molar-refractivity contribution in [2.75, 3.05) is 5.32 Å². The number of para-hydroxylation sites is 1. The van der Waals surface area contributed by atoms with Gasteiger partial charge in [0.15, 0.2) is 5.82 Å². The monoisotopic (exact) mass is 360 g/mol. The summed E-state index contributed by atoms with van der Waals surface area (Å²) in [6, 6.07) is 12.4. The lowest BCUT2D eigenvalue weighted by Crippen LogP contribution is -2.10. The number of rotatable bonds is 6. The van der Waals surface area contributed by atoms with Gasteiger partial charge in [0, 0.05) is 17.8 Å². The quantitative estimate of drug-likeness (QED) is 0.721. The van der Waals surface area contributed by atoms with Gasteiger partial charge in [0.2, 0.25) is 0 Å². The third-order valence-corrected chi connectivity index (χ3v) is 4.83. The molecule has 0 amide bonds. The first-order valence-corrected chi connectivity index (χ1v) is 9.23. The van der Waals surface area contributed by atoms with Gasteiger partial charge in [0.05, 0.1) is 17.1 Å². The number of nitriles is 1. The zero-order valence-corrected chi connectivity index (χ0v) is 16.2. The van der Waals surface area contributed by atoms with Crippen molar-refractivity contribution in [3.8, 4) is 11.8 Å². The molecule has 3 rings (SSSR count). The van der Waals surface area contributed by atoms with Gasteiger partial charge in [-0.2, -0.15) is 15.5 Å². The molecule has 0 unspecified atom stereocenters. The number of anilines is 1. The van der Waals surface area contributed by atoms with E-state index in [0.717, 1.165) is 46.7 Å². The van der Waals surface area contributed by atoms with E-state index in [0.29, 0.717) is 17.9 Å². The first-order chi connectivity index (χ1) is 13.1. The van der Waals surface area contributed by atoms with E-state index in [2.05, 4.69) is 33.6 Å². The molecule has 0 aliphatic heterocycles. The van der Waals surface area contributed by atoms with Gasteiger partial charge in [0.25, 0.3) is 0 Å². The number of aryl methyl sites for hydroxylation is 2. The van der Waals surface area contributed by atoms with Gasteiger partial charge in [-0.3, -0.25) is 0 Å². The van der Waals surface area contributed by atoms with Crippen LogP contribution in [0.25, 0.3) is 5.69 Å². The molecule has 3 aromatic rings. The van der Waals surface area contributed by atoms with Crippen LogP contribution in [0.3, 0.4) is 0 Å². The Kier molecular flexibility index (Phi) is 5.51. The molecule has 0 bridgehead atoms. The fourth-order valence-electron chi connectivity index (χ4n) is 3.34. The van der Waals surface area contributed by atoms with Crippen molar-refractivity contribution in [2.24, 2.45) is 0 Å². The molecular formula is C21H24N6. The van der Waals surface area contributed by atoms with E-state index in [-0.39, 0.29) is 0 Å². The number of hydrogen-bond acceptors (Lipinski definition) is 5. The van der Waals surface area contributed by atoms with E-state index in [1.165, 1.54) is 0 Å². The fraction of sp³-hybridized carbons (Fsp3) is 0.333. The summed E-state index contributed by atoms with van der Waals surface area (Å²) in [5.41, 5.74) is 6.62. The van der Waals surface area contributed by atoms with Crippen LogP contribution in [-0.4, -0.2) is 20.0 Å². The van der Waals surface area contributed by atoms with E-state index in [4.69, 9.17) is 0 Å². The molecule has 0 spiro atoms. The lowest BCUT2D eigenvalue weighted by atomic mass is 10.0. The van der Waals surface area contributed by atoms with Crippen molar-refractivity contribution in [1.82, 2.24) is 20.0 Å². The number of benzene rings is 1. The second-order valence-electron chi connectivity index (χ2n) is 6.42. The largest absolute Gasteiger partial charge is 0.363 e. The van der Waals surface area contributed by atoms with Gasteiger partial charge >= 0.3 is 0 Å². The zero-order chi connectivity index (χ0) is 19.4. The van der Waals surface area contributed by atoms with E-state index < -0.39 is 0 Å². The molecule has 138 valence electrons. The average Bonchev–Trinajstić information content (AvgIpc) is 2.99. The van der Waals surface area contributed by atoms with Crippen LogP contribution in [0.4, 0.5) is 5.82 Å². The molecule has 2 heterocycles. The molecule has 0 aliphatic carbocycles. The molecule has 6 nitrogen and oxygen atoms in total. The predicted octanol–water partition coefficient (Wildman–Crippen LogP) is 3.89. The molecule has 0 aliphatic rings. The number of hydrogen-bond donors (Lipinski definition) is 1. The molecular weight excluding hydrogens is 336 g/mol. The third kappa shape index (κ3) is 3.54. The van der Waals surface area contributed by atoms with Crippen LogP contribution in [0.15, 0.2) is 30.3 Å². The standard InChI is InChI=1S/C21H24N6/c1-5-17-18(12-22)21(25-24-20(17)6-2)23-13-19-14(3)26-27(15(19)4)16-10-8-7-9-11-16/h7-11H,5-6,13H2,1-4H3,(H,23,25). The molecule has 2 aromatic heterocycles. The van der Waals surface area contributed by atoms with Gasteiger partial charge in [-0.1, -0.05) is 32.0 Å². The summed E-state index contributed by atoms with van der Waals surface area (Å²) >= 11 is 0. The Morgan fingerprint density at radius 2 is 1.78 bits per heavy atom. The van der Waals surface area contributed by atoms with E-state index in [1.54, 1.807) is 0 Å². The van der Waals surface area contributed by atoms with Crippen molar-refractivity contribution >= 4 is 5.82 Å². The Hall–Kier alpha value is -3.20. The van der Waals surface area contributed by atoms with E-state index >= 15 is 0 Å². The van der Waals surface area contributed by atoms with Gasteiger partial charge in [-0.05, 0) is 44.4 Å². The molecule has 6 heteroatoms. The summed E-state index contributed by atoms with van der Waals surface area (Å²) in [5, 5.41) is 26.2. The lowest BCUT2D eigenvalue weighted by Gasteiger charge is -2.12. The Balaban J connectivity index is 1.90. The maximum Gasteiger partial charge on any atom is 0.167 e. The van der Waals surface area contributed by atoms with Crippen molar-refractivity contribution in [3.05, 3.63) is 64.1 Å². The normalized spacial score (nSPS) is 10.6. The molecule has 0 atom stereocenters. The maximum absolute atomic E-state index is 9.64. The summed E-state index contributed by atoms with van der Waals surface area (Å²) in [7, 11) is 0. The minimum absolute atomic E-state index is 0.540. The zero-order valence-electron chi connectivity index (χ0n) is 16.2. The highest BCUT2D eigenvalue weighted by Gasteiger charge is 2.16. The first-order valence-electron chi connectivity index (χ1n) is 9.23. The average molecular weight is 360 g/mol. The van der Waals surface area contributed by atoms with Crippen LogP contribution in [0.5, 0.6) is 0 Å². The number of aromatic nitrogens is 4. The Bertz CT molecular complexity index is 982. The van der Waals surface area contributed by atoms with Gasteiger partial charge < -0.3 is 5.32 Å². The highest BCUT2D eigenvalue weighted by molar-refractivity contribution is 5.57. The Morgan fingerprint density at radius 1 is 1.04 bits per heavy atom. The molecule has 27 heavy (non-hydrogen) atoms. The first kappa shape index (κ1) is 18.6. The summed E-state index contributed by atoms with van der Waals surface area (Å²) < 4.78 is 1.95. The smallest absolute Gasteiger partial charge is 0.167 e. The topological polar surface area (TPSA) is 79.4 Å². The Labute approximate surface area is 159 Å². The molecule has 0 saturated carbocycles. The minimum Gasteiger partial charge on any atom is -0.363 e.